The van der Waals surface area contributed by atoms with Crippen molar-refractivity contribution >= 4 is 11.6 Å². The zero-order valence-corrected chi connectivity index (χ0v) is 14.8. The molecule has 0 aliphatic heterocycles. The number of para-hydroxylation sites is 3. The van der Waals surface area contributed by atoms with Gasteiger partial charge < -0.3 is 10.1 Å². The fraction of sp³-hybridized carbons (Fsp3) is 0.350. The average molecular weight is 352 g/mol. The highest BCUT2D eigenvalue weighted by atomic mass is 16.5. The topological polar surface area (TPSA) is 87.1 Å². The molecule has 0 heterocycles. The minimum Gasteiger partial charge on any atom is -0.455 e. The molecule has 1 N–H and O–H groups in total. The van der Waals surface area contributed by atoms with E-state index in [1.54, 1.807) is 0 Å². The van der Waals surface area contributed by atoms with Gasteiger partial charge in [-0.3, -0.25) is 4.79 Å². The van der Waals surface area contributed by atoms with E-state index >= 15 is 0 Å². The molecule has 0 aromatic heterocycles. The van der Waals surface area contributed by atoms with Gasteiger partial charge in [0.1, 0.15) is 5.75 Å². The number of hydrogen-bond donors (Lipinski definition) is 1. The molecular formula is C20H24N4O2. The molecule has 6 nitrogen and oxygen atoms in total. The van der Waals surface area contributed by atoms with Crippen molar-refractivity contribution in [1.29, 1.82) is 0 Å². The normalized spacial score (nSPS) is 10.0. The Kier molecular flexibility index (Phi) is 8.60. The van der Waals surface area contributed by atoms with Gasteiger partial charge in [-0.2, -0.15) is 0 Å². The van der Waals surface area contributed by atoms with E-state index < -0.39 is 0 Å². The van der Waals surface area contributed by atoms with Crippen LogP contribution in [0.25, 0.3) is 10.4 Å². The number of benzene rings is 2. The van der Waals surface area contributed by atoms with E-state index in [0.717, 1.165) is 37.9 Å². The van der Waals surface area contributed by atoms with Gasteiger partial charge in [-0.15, -0.1) is 0 Å². The molecular weight excluding hydrogens is 328 g/mol. The molecule has 0 saturated carbocycles. The lowest BCUT2D eigenvalue weighted by molar-refractivity contribution is -0.116. The van der Waals surface area contributed by atoms with Crippen molar-refractivity contribution in [2.45, 2.75) is 38.5 Å². The Balaban J connectivity index is 1.74. The molecule has 0 atom stereocenters. The number of anilines is 1. The molecule has 6 heteroatoms. The second kappa shape index (κ2) is 11.6. The first-order chi connectivity index (χ1) is 12.8. The summed E-state index contributed by atoms with van der Waals surface area (Å²) >= 11 is 0. The lowest BCUT2D eigenvalue weighted by Gasteiger charge is -2.12. The van der Waals surface area contributed by atoms with Gasteiger partial charge in [0.25, 0.3) is 0 Å². The van der Waals surface area contributed by atoms with E-state index in [9.17, 15) is 4.79 Å². The Morgan fingerprint density at radius 1 is 0.962 bits per heavy atom. The molecule has 0 fully saturated rings. The third kappa shape index (κ3) is 7.28. The number of amides is 1. The second-order valence-electron chi connectivity index (χ2n) is 5.93. The Hall–Kier alpha value is -2.98. The predicted octanol–water partition coefficient (Wildman–Crippen LogP) is 6.07. The van der Waals surface area contributed by atoms with Crippen molar-refractivity contribution in [3.63, 3.8) is 0 Å². The van der Waals surface area contributed by atoms with E-state index in [-0.39, 0.29) is 5.91 Å². The maximum absolute atomic E-state index is 12.2. The number of rotatable bonds is 11. The van der Waals surface area contributed by atoms with Crippen molar-refractivity contribution in [3.05, 3.63) is 65.0 Å². The molecule has 0 aliphatic rings. The summed E-state index contributed by atoms with van der Waals surface area (Å²) in [6.45, 7) is 0.551. The van der Waals surface area contributed by atoms with Gasteiger partial charge in [0.2, 0.25) is 5.91 Å². The predicted molar refractivity (Wildman–Crippen MR) is 103 cm³/mol. The SMILES string of the molecule is [N-]=[N+]=NCCCCCCCC(=O)Nc1ccccc1Oc1ccccc1. The number of azide groups is 1. The van der Waals surface area contributed by atoms with Crippen LogP contribution in [0.4, 0.5) is 5.69 Å². The first kappa shape index (κ1) is 19.3. The van der Waals surface area contributed by atoms with Crippen molar-refractivity contribution in [2.24, 2.45) is 5.11 Å². The highest BCUT2D eigenvalue weighted by Crippen LogP contribution is 2.29. The van der Waals surface area contributed by atoms with Crippen LogP contribution < -0.4 is 10.1 Å². The van der Waals surface area contributed by atoms with Gasteiger partial charge >= 0.3 is 0 Å². The maximum Gasteiger partial charge on any atom is 0.224 e. The molecule has 136 valence electrons. The molecule has 2 aromatic rings. The molecule has 0 unspecified atom stereocenters. The summed E-state index contributed by atoms with van der Waals surface area (Å²) in [5, 5.41) is 6.44. The summed E-state index contributed by atoms with van der Waals surface area (Å²) in [5.74, 6) is 1.35. The number of nitrogens with one attached hydrogen (secondary N) is 1. The molecule has 0 spiro atoms. The van der Waals surface area contributed by atoms with Gasteiger partial charge in [0.05, 0.1) is 5.69 Å². The Morgan fingerprint density at radius 2 is 1.65 bits per heavy atom. The minimum atomic E-state index is -0.0109. The number of carbonyl (C=O) groups is 1. The van der Waals surface area contributed by atoms with Gasteiger partial charge in [-0.25, -0.2) is 0 Å². The first-order valence-corrected chi connectivity index (χ1v) is 8.92. The van der Waals surface area contributed by atoms with Crippen LogP contribution in [0.1, 0.15) is 38.5 Å². The third-order valence-electron chi connectivity index (χ3n) is 3.86. The van der Waals surface area contributed by atoms with E-state index in [2.05, 4.69) is 15.3 Å². The van der Waals surface area contributed by atoms with Crippen LogP contribution in [-0.4, -0.2) is 12.5 Å². The summed E-state index contributed by atoms with van der Waals surface area (Å²) in [5.41, 5.74) is 8.87. The summed E-state index contributed by atoms with van der Waals surface area (Å²) < 4.78 is 5.85. The standard InChI is InChI=1S/C20H24N4O2/c21-24-22-16-10-3-1-2-7-15-20(25)23-18-13-8-9-14-19(18)26-17-11-5-4-6-12-17/h4-6,8-9,11-14H,1-3,7,10,15-16H2,(H,23,25). The zero-order valence-electron chi connectivity index (χ0n) is 14.8. The Labute approximate surface area is 153 Å². The highest BCUT2D eigenvalue weighted by molar-refractivity contribution is 5.92. The van der Waals surface area contributed by atoms with Gasteiger partial charge in [0, 0.05) is 17.9 Å². The van der Waals surface area contributed by atoms with Crippen molar-refractivity contribution < 1.29 is 9.53 Å². The Bertz CT molecular complexity index is 728. The van der Waals surface area contributed by atoms with Crippen LogP contribution in [0.15, 0.2) is 59.7 Å². The number of unbranched alkanes of at least 4 members (excludes halogenated alkanes) is 4. The molecule has 2 aromatic carbocycles. The van der Waals surface area contributed by atoms with Crippen LogP contribution in [-0.2, 0) is 4.79 Å². The molecule has 0 bridgehead atoms. The smallest absolute Gasteiger partial charge is 0.224 e. The number of carbonyl (C=O) groups excluding carboxylic acids is 1. The largest absolute Gasteiger partial charge is 0.455 e. The summed E-state index contributed by atoms with van der Waals surface area (Å²) in [6, 6.07) is 16.9. The maximum atomic E-state index is 12.2. The summed E-state index contributed by atoms with van der Waals surface area (Å²) in [7, 11) is 0. The fourth-order valence-corrected chi connectivity index (χ4v) is 2.53. The second-order valence-corrected chi connectivity index (χ2v) is 5.93. The number of ether oxygens (including phenoxy) is 1. The fourth-order valence-electron chi connectivity index (χ4n) is 2.53. The summed E-state index contributed by atoms with van der Waals surface area (Å²) in [4.78, 5) is 14.9. The van der Waals surface area contributed by atoms with Crippen LogP contribution in [0.5, 0.6) is 11.5 Å². The van der Waals surface area contributed by atoms with E-state index in [1.807, 2.05) is 54.6 Å². The third-order valence-corrected chi connectivity index (χ3v) is 3.86. The average Bonchev–Trinajstić information content (AvgIpc) is 2.66. The number of hydrogen-bond acceptors (Lipinski definition) is 3. The zero-order chi connectivity index (χ0) is 18.5. The highest BCUT2D eigenvalue weighted by Gasteiger charge is 2.08. The van der Waals surface area contributed by atoms with Gasteiger partial charge in [0.15, 0.2) is 5.75 Å². The van der Waals surface area contributed by atoms with Gasteiger partial charge in [-0.05, 0) is 42.6 Å². The number of nitrogens with zero attached hydrogens (tertiary/aromatic N) is 3. The van der Waals surface area contributed by atoms with Crippen LogP contribution in [0, 0.1) is 0 Å². The first-order valence-electron chi connectivity index (χ1n) is 8.92. The quantitative estimate of drug-likeness (QED) is 0.230. The van der Waals surface area contributed by atoms with Crippen LogP contribution in [0.2, 0.25) is 0 Å². The lowest BCUT2D eigenvalue weighted by atomic mass is 10.1. The molecule has 2 rings (SSSR count). The molecule has 1 amide bonds. The lowest BCUT2D eigenvalue weighted by Crippen LogP contribution is -2.11. The van der Waals surface area contributed by atoms with E-state index in [4.69, 9.17) is 10.3 Å². The van der Waals surface area contributed by atoms with E-state index in [0.29, 0.717) is 24.4 Å². The van der Waals surface area contributed by atoms with E-state index in [1.165, 1.54) is 0 Å². The van der Waals surface area contributed by atoms with Crippen molar-refractivity contribution in [1.82, 2.24) is 0 Å². The summed E-state index contributed by atoms with van der Waals surface area (Å²) in [6.07, 6.45) is 5.29. The Morgan fingerprint density at radius 3 is 2.46 bits per heavy atom. The monoisotopic (exact) mass is 352 g/mol. The molecule has 0 radical (unpaired) electrons. The van der Waals surface area contributed by atoms with Gasteiger partial charge in [-0.1, -0.05) is 54.7 Å². The van der Waals surface area contributed by atoms with Crippen molar-refractivity contribution in [2.75, 3.05) is 11.9 Å². The van der Waals surface area contributed by atoms with Crippen LogP contribution in [0.3, 0.4) is 0 Å². The molecule has 0 saturated heterocycles. The van der Waals surface area contributed by atoms with Crippen molar-refractivity contribution in [3.8, 4) is 11.5 Å². The van der Waals surface area contributed by atoms with Crippen LogP contribution >= 0.6 is 0 Å². The minimum absolute atomic E-state index is 0.0109. The molecule has 26 heavy (non-hydrogen) atoms. The molecule has 0 aliphatic carbocycles.